The largest absolute Gasteiger partial charge is 0.502 e. The molecule has 0 aliphatic heterocycles. The molecule has 7 heteroatoms. The molecule has 0 fully saturated rings. The Morgan fingerprint density at radius 3 is 1.93 bits per heavy atom. The molecule has 28 heavy (non-hydrogen) atoms. The Kier molecular flexibility index (Phi) is 4.35. The van der Waals surface area contributed by atoms with Gasteiger partial charge in [0.15, 0.2) is 23.0 Å². The van der Waals surface area contributed by atoms with E-state index in [0.29, 0.717) is 34.0 Å². The third-order valence-corrected chi connectivity index (χ3v) is 4.69. The molecule has 2 aromatic carbocycles. The van der Waals surface area contributed by atoms with Crippen LogP contribution in [0.2, 0.25) is 0 Å². The Bertz CT molecular complexity index is 1160. The minimum Gasteiger partial charge on any atom is -0.502 e. The highest BCUT2D eigenvalue weighted by Crippen LogP contribution is 2.45. The van der Waals surface area contributed by atoms with Crippen molar-refractivity contribution in [2.45, 2.75) is 0 Å². The first-order chi connectivity index (χ1) is 13.6. The first kappa shape index (κ1) is 17.8. The van der Waals surface area contributed by atoms with E-state index in [9.17, 15) is 5.11 Å². The van der Waals surface area contributed by atoms with Gasteiger partial charge >= 0.3 is 0 Å². The number of hydrogen-bond acceptors (Lipinski definition) is 7. The third-order valence-electron chi connectivity index (χ3n) is 4.69. The highest BCUT2D eigenvalue weighted by molar-refractivity contribution is 6.10. The van der Waals surface area contributed by atoms with Crippen molar-refractivity contribution < 1.29 is 28.5 Å². The van der Waals surface area contributed by atoms with Crippen LogP contribution in [0.3, 0.4) is 0 Å². The van der Waals surface area contributed by atoms with Gasteiger partial charge in [-0.3, -0.25) is 0 Å². The minimum atomic E-state index is -0.0604. The second-order valence-corrected chi connectivity index (χ2v) is 6.11. The monoisotopic (exact) mass is 381 g/mol. The Hall–Kier alpha value is -3.61. The Balaban J connectivity index is 2.14. The summed E-state index contributed by atoms with van der Waals surface area (Å²) in [5.74, 6) is 1.71. The molecular weight excluding hydrogens is 362 g/mol. The number of hydrogen-bond donors (Lipinski definition) is 1. The lowest BCUT2D eigenvalue weighted by Crippen LogP contribution is -1.95. The summed E-state index contributed by atoms with van der Waals surface area (Å²) in [6.45, 7) is 0. The van der Waals surface area contributed by atoms with Crippen LogP contribution in [-0.2, 0) is 0 Å². The van der Waals surface area contributed by atoms with Gasteiger partial charge in [0.1, 0.15) is 18.0 Å². The van der Waals surface area contributed by atoms with Crippen molar-refractivity contribution in [2.24, 2.45) is 0 Å². The molecule has 0 saturated heterocycles. The number of rotatable bonds is 5. The third kappa shape index (κ3) is 2.63. The first-order valence-corrected chi connectivity index (χ1v) is 8.48. The summed E-state index contributed by atoms with van der Waals surface area (Å²) in [6.07, 6.45) is 3.23. The molecule has 4 rings (SSSR count). The van der Waals surface area contributed by atoms with Crippen LogP contribution in [0.1, 0.15) is 0 Å². The van der Waals surface area contributed by atoms with Crippen LogP contribution in [0.5, 0.6) is 28.7 Å². The predicted molar refractivity (Wildman–Crippen MR) is 105 cm³/mol. The second-order valence-electron chi connectivity index (χ2n) is 6.11. The SMILES string of the molecule is COc1cc2nc3cocc3c(-c3cc(OC)c(O)c(OC)c3)c2cc1OC. The molecule has 0 aliphatic rings. The standard InChI is InChI=1S/C21H19NO6/c1-24-16-7-12-14(8-17(16)25-2)22-15-10-28-9-13(15)20(12)11-5-18(26-3)21(23)19(6-11)27-4/h5-10,23H,1-4H3. The van der Waals surface area contributed by atoms with E-state index in [1.165, 1.54) is 14.2 Å². The minimum absolute atomic E-state index is 0.0604. The molecule has 0 unspecified atom stereocenters. The van der Waals surface area contributed by atoms with Crippen LogP contribution in [0, 0.1) is 0 Å². The number of benzene rings is 2. The van der Waals surface area contributed by atoms with E-state index >= 15 is 0 Å². The molecule has 2 aromatic heterocycles. The summed E-state index contributed by atoms with van der Waals surface area (Å²) in [5.41, 5.74) is 3.04. The number of phenolic OH excluding ortho intramolecular Hbond substituents is 1. The number of methoxy groups -OCH3 is 4. The van der Waals surface area contributed by atoms with Gasteiger partial charge in [-0.15, -0.1) is 0 Å². The molecule has 0 aliphatic carbocycles. The lowest BCUT2D eigenvalue weighted by molar-refractivity contribution is 0.340. The van der Waals surface area contributed by atoms with Gasteiger partial charge in [-0.25, -0.2) is 4.98 Å². The molecular formula is C21H19NO6. The van der Waals surface area contributed by atoms with Crippen LogP contribution in [-0.4, -0.2) is 38.5 Å². The summed E-state index contributed by atoms with van der Waals surface area (Å²) in [6, 6.07) is 7.18. The molecule has 0 saturated carbocycles. The number of aromatic hydroxyl groups is 1. The van der Waals surface area contributed by atoms with Gasteiger partial charge in [0.25, 0.3) is 0 Å². The number of pyridine rings is 1. The summed E-state index contributed by atoms with van der Waals surface area (Å²) in [4.78, 5) is 4.67. The number of fused-ring (bicyclic) bond motifs is 2. The molecule has 0 spiro atoms. The van der Waals surface area contributed by atoms with Crippen molar-refractivity contribution in [3.63, 3.8) is 0 Å². The maximum atomic E-state index is 10.3. The van der Waals surface area contributed by atoms with Crippen LogP contribution in [0.4, 0.5) is 0 Å². The molecule has 1 N–H and O–H groups in total. The lowest BCUT2D eigenvalue weighted by atomic mass is 9.96. The smallest absolute Gasteiger partial charge is 0.200 e. The molecule has 4 aromatic rings. The van der Waals surface area contributed by atoms with E-state index in [1.54, 1.807) is 38.9 Å². The van der Waals surface area contributed by atoms with Crippen molar-refractivity contribution in [3.05, 3.63) is 36.8 Å². The number of phenols is 1. The molecule has 144 valence electrons. The zero-order chi connectivity index (χ0) is 19.8. The molecule has 0 amide bonds. The fourth-order valence-corrected chi connectivity index (χ4v) is 3.35. The van der Waals surface area contributed by atoms with Crippen molar-refractivity contribution in [1.82, 2.24) is 4.98 Å². The van der Waals surface area contributed by atoms with Gasteiger partial charge < -0.3 is 28.5 Å². The van der Waals surface area contributed by atoms with Gasteiger partial charge in [0, 0.05) is 22.4 Å². The molecule has 0 radical (unpaired) electrons. The zero-order valence-corrected chi connectivity index (χ0v) is 15.9. The lowest BCUT2D eigenvalue weighted by Gasteiger charge is -2.15. The first-order valence-electron chi connectivity index (χ1n) is 8.48. The van der Waals surface area contributed by atoms with E-state index in [0.717, 1.165) is 21.9 Å². The van der Waals surface area contributed by atoms with Crippen LogP contribution < -0.4 is 18.9 Å². The quantitative estimate of drug-likeness (QED) is 0.549. The Labute approximate surface area is 161 Å². The summed E-state index contributed by atoms with van der Waals surface area (Å²) < 4.78 is 26.9. The normalized spacial score (nSPS) is 11.0. The molecule has 0 atom stereocenters. The highest BCUT2D eigenvalue weighted by atomic mass is 16.5. The Morgan fingerprint density at radius 2 is 1.32 bits per heavy atom. The molecule has 7 nitrogen and oxygen atoms in total. The number of aromatic nitrogens is 1. The highest BCUT2D eigenvalue weighted by Gasteiger charge is 2.19. The fourth-order valence-electron chi connectivity index (χ4n) is 3.35. The maximum absolute atomic E-state index is 10.3. The van der Waals surface area contributed by atoms with Crippen LogP contribution in [0.25, 0.3) is 32.9 Å². The van der Waals surface area contributed by atoms with Crippen molar-refractivity contribution in [1.29, 1.82) is 0 Å². The van der Waals surface area contributed by atoms with Gasteiger partial charge in [-0.05, 0) is 23.8 Å². The Morgan fingerprint density at radius 1 is 0.714 bits per heavy atom. The van der Waals surface area contributed by atoms with E-state index in [4.69, 9.17) is 23.4 Å². The van der Waals surface area contributed by atoms with Crippen molar-refractivity contribution in [2.75, 3.05) is 28.4 Å². The second kappa shape index (κ2) is 6.84. The van der Waals surface area contributed by atoms with Crippen molar-refractivity contribution in [3.8, 4) is 39.9 Å². The summed E-state index contributed by atoms with van der Waals surface area (Å²) in [5, 5.41) is 11.9. The average Bonchev–Trinajstić information content (AvgIpc) is 3.19. The van der Waals surface area contributed by atoms with Gasteiger partial charge in [0.05, 0.1) is 34.0 Å². The van der Waals surface area contributed by atoms with E-state index in [-0.39, 0.29) is 5.75 Å². The van der Waals surface area contributed by atoms with E-state index in [2.05, 4.69) is 4.98 Å². The van der Waals surface area contributed by atoms with Gasteiger partial charge in [-0.1, -0.05) is 0 Å². The fraction of sp³-hybridized carbons (Fsp3) is 0.190. The maximum Gasteiger partial charge on any atom is 0.200 e. The number of furan rings is 1. The zero-order valence-electron chi connectivity index (χ0n) is 15.9. The number of ether oxygens (including phenoxy) is 4. The summed E-state index contributed by atoms with van der Waals surface area (Å²) >= 11 is 0. The number of nitrogens with zero attached hydrogens (tertiary/aromatic N) is 1. The molecule has 2 heterocycles. The van der Waals surface area contributed by atoms with Crippen LogP contribution in [0.15, 0.2) is 41.2 Å². The predicted octanol–water partition coefficient (Wildman–Crippen LogP) is 4.39. The van der Waals surface area contributed by atoms with Gasteiger partial charge in [-0.2, -0.15) is 0 Å². The van der Waals surface area contributed by atoms with E-state index in [1.807, 2.05) is 12.1 Å². The summed E-state index contributed by atoms with van der Waals surface area (Å²) in [7, 11) is 6.14. The van der Waals surface area contributed by atoms with Crippen molar-refractivity contribution >= 4 is 21.8 Å². The molecule has 0 bridgehead atoms. The average molecular weight is 381 g/mol. The van der Waals surface area contributed by atoms with Gasteiger partial charge in [0.2, 0.25) is 5.75 Å². The van der Waals surface area contributed by atoms with E-state index < -0.39 is 0 Å². The topological polar surface area (TPSA) is 83.2 Å². The van der Waals surface area contributed by atoms with Crippen LogP contribution >= 0.6 is 0 Å².